The van der Waals surface area contributed by atoms with Crippen molar-refractivity contribution in [1.82, 2.24) is 15.0 Å². The topological polar surface area (TPSA) is 41.6 Å². The van der Waals surface area contributed by atoms with E-state index >= 15 is 0 Å². The van der Waals surface area contributed by atoms with Gasteiger partial charge in [0.25, 0.3) is 0 Å². The lowest BCUT2D eigenvalue weighted by atomic mass is 10.0. The maximum absolute atomic E-state index is 4.58. The summed E-state index contributed by atoms with van der Waals surface area (Å²) in [7, 11) is 0. The highest BCUT2D eigenvalue weighted by molar-refractivity contribution is 5.95. The Morgan fingerprint density at radius 2 is 1.78 bits per heavy atom. The highest BCUT2D eigenvalue weighted by Crippen LogP contribution is 2.31. The van der Waals surface area contributed by atoms with Gasteiger partial charge in [-0.2, -0.15) is 0 Å². The Bertz CT molecular complexity index is 999. The average Bonchev–Trinajstić information content (AvgIpc) is 2.98. The highest BCUT2D eigenvalue weighted by atomic mass is 14.8. The third-order valence-corrected chi connectivity index (χ3v) is 4.09. The standard InChI is InChI=1S/C20H17N3/c1-13-4-3-5-15(8-13)17-10-18-19(12-23-20(18)22-11-17)16-6-7-21-14(2)9-16/h3-12H,1-2H3,(H,22,23). The Hall–Kier alpha value is -2.94. The number of aromatic nitrogens is 3. The van der Waals surface area contributed by atoms with E-state index in [1.165, 1.54) is 11.1 Å². The molecule has 23 heavy (non-hydrogen) atoms. The number of aryl methyl sites for hydroxylation is 2. The number of nitrogens with one attached hydrogen (secondary N) is 1. The first-order valence-electron chi connectivity index (χ1n) is 7.68. The molecule has 3 heterocycles. The molecule has 0 radical (unpaired) electrons. The highest BCUT2D eigenvalue weighted by Gasteiger charge is 2.09. The van der Waals surface area contributed by atoms with E-state index in [-0.39, 0.29) is 0 Å². The number of hydrogen-bond donors (Lipinski definition) is 1. The first-order valence-corrected chi connectivity index (χ1v) is 7.68. The van der Waals surface area contributed by atoms with Crippen LogP contribution in [-0.2, 0) is 0 Å². The van der Waals surface area contributed by atoms with Gasteiger partial charge >= 0.3 is 0 Å². The maximum Gasteiger partial charge on any atom is 0.137 e. The van der Waals surface area contributed by atoms with Gasteiger partial charge in [0.1, 0.15) is 5.65 Å². The first-order chi connectivity index (χ1) is 11.2. The summed E-state index contributed by atoms with van der Waals surface area (Å²) in [6.07, 6.45) is 5.79. The first kappa shape index (κ1) is 13.7. The maximum atomic E-state index is 4.58. The van der Waals surface area contributed by atoms with Crippen molar-refractivity contribution in [3.63, 3.8) is 0 Å². The fourth-order valence-corrected chi connectivity index (χ4v) is 2.94. The summed E-state index contributed by atoms with van der Waals surface area (Å²) in [5, 5.41) is 1.13. The summed E-state index contributed by atoms with van der Waals surface area (Å²) in [5.74, 6) is 0. The van der Waals surface area contributed by atoms with Crippen LogP contribution in [0.2, 0.25) is 0 Å². The molecule has 0 saturated heterocycles. The molecule has 1 N–H and O–H groups in total. The van der Waals surface area contributed by atoms with Crippen LogP contribution in [0.15, 0.2) is 61.1 Å². The number of aromatic amines is 1. The molecule has 0 unspecified atom stereocenters. The van der Waals surface area contributed by atoms with Crippen LogP contribution in [0.5, 0.6) is 0 Å². The molecule has 0 aliphatic heterocycles. The Morgan fingerprint density at radius 1 is 0.870 bits per heavy atom. The molecular formula is C20H17N3. The molecule has 0 bridgehead atoms. The molecule has 3 nitrogen and oxygen atoms in total. The second kappa shape index (κ2) is 5.36. The molecular weight excluding hydrogens is 282 g/mol. The fraction of sp³-hybridized carbons (Fsp3) is 0.100. The molecule has 0 aliphatic carbocycles. The van der Waals surface area contributed by atoms with Gasteiger partial charge in [-0.1, -0.05) is 29.8 Å². The number of benzene rings is 1. The summed E-state index contributed by atoms with van der Waals surface area (Å²) in [6, 6.07) is 14.8. The second-order valence-corrected chi connectivity index (χ2v) is 5.88. The summed E-state index contributed by atoms with van der Waals surface area (Å²) < 4.78 is 0. The summed E-state index contributed by atoms with van der Waals surface area (Å²) in [6.45, 7) is 4.12. The van der Waals surface area contributed by atoms with Crippen LogP contribution in [-0.4, -0.2) is 15.0 Å². The van der Waals surface area contributed by atoms with Crippen molar-refractivity contribution in [1.29, 1.82) is 0 Å². The van der Waals surface area contributed by atoms with Crippen LogP contribution in [0.4, 0.5) is 0 Å². The van der Waals surface area contributed by atoms with Crippen LogP contribution < -0.4 is 0 Å². The Kier molecular flexibility index (Phi) is 3.19. The van der Waals surface area contributed by atoms with Gasteiger partial charge in [0.2, 0.25) is 0 Å². The molecule has 3 aromatic heterocycles. The van der Waals surface area contributed by atoms with Crippen molar-refractivity contribution in [2.75, 3.05) is 0 Å². The Balaban J connectivity index is 1.90. The van der Waals surface area contributed by atoms with E-state index in [4.69, 9.17) is 0 Å². The van der Waals surface area contributed by atoms with Gasteiger partial charge < -0.3 is 4.98 Å². The predicted octanol–water partition coefficient (Wildman–Crippen LogP) is 4.91. The third kappa shape index (κ3) is 2.50. The Morgan fingerprint density at radius 3 is 2.61 bits per heavy atom. The van der Waals surface area contributed by atoms with Gasteiger partial charge in [-0.3, -0.25) is 4.98 Å². The van der Waals surface area contributed by atoms with Gasteiger partial charge in [0.15, 0.2) is 0 Å². The zero-order valence-electron chi connectivity index (χ0n) is 13.2. The SMILES string of the molecule is Cc1cccc(-c2cnc3[nH]cc(-c4ccnc(C)c4)c3c2)c1. The number of rotatable bonds is 2. The van der Waals surface area contributed by atoms with Gasteiger partial charge in [-0.25, -0.2) is 4.98 Å². The summed E-state index contributed by atoms with van der Waals surface area (Å²) >= 11 is 0. The number of hydrogen-bond acceptors (Lipinski definition) is 2. The summed E-state index contributed by atoms with van der Waals surface area (Å²) in [5.41, 5.74) is 7.82. The van der Waals surface area contributed by atoms with Crippen molar-refractivity contribution in [3.05, 3.63) is 72.3 Å². The molecule has 3 heteroatoms. The molecule has 0 spiro atoms. The van der Waals surface area contributed by atoms with Crippen LogP contribution in [0.1, 0.15) is 11.3 Å². The molecule has 4 rings (SSSR count). The van der Waals surface area contributed by atoms with Crippen molar-refractivity contribution in [3.8, 4) is 22.3 Å². The molecule has 0 aliphatic rings. The van der Waals surface area contributed by atoms with Crippen molar-refractivity contribution < 1.29 is 0 Å². The van der Waals surface area contributed by atoms with E-state index < -0.39 is 0 Å². The van der Waals surface area contributed by atoms with Crippen molar-refractivity contribution >= 4 is 11.0 Å². The number of nitrogens with zero attached hydrogens (tertiary/aromatic N) is 2. The lowest BCUT2D eigenvalue weighted by molar-refractivity contribution is 1.20. The van der Waals surface area contributed by atoms with E-state index in [0.717, 1.165) is 33.4 Å². The number of H-pyrrole nitrogens is 1. The molecule has 112 valence electrons. The van der Waals surface area contributed by atoms with E-state index in [1.54, 1.807) is 0 Å². The molecule has 0 atom stereocenters. The van der Waals surface area contributed by atoms with Crippen molar-refractivity contribution in [2.45, 2.75) is 13.8 Å². The van der Waals surface area contributed by atoms with Gasteiger partial charge in [0.05, 0.1) is 0 Å². The largest absolute Gasteiger partial charge is 0.346 e. The third-order valence-electron chi connectivity index (χ3n) is 4.09. The Labute approximate surface area is 135 Å². The zero-order valence-corrected chi connectivity index (χ0v) is 13.2. The van der Waals surface area contributed by atoms with E-state index in [9.17, 15) is 0 Å². The average molecular weight is 299 g/mol. The molecule has 0 saturated carbocycles. The second-order valence-electron chi connectivity index (χ2n) is 5.88. The van der Waals surface area contributed by atoms with Gasteiger partial charge in [-0.15, -0.1) is 0 Å². The van der Waals surface area contributed by atoms with Crippen LogP contribution in [0, 0.1) is 13.8 Å². The minimum Gasteiger partial charge on any atom is -0.346 e. The fourth-order valence-electron chi connectivity index (χ4n) is 2.94. The van der Waals surface area contributed by atoms with Gasteiger partial charge in [-0.05, 0) is 43.2 Å². The van der Waals surface area contributed by atoms with Crippen molar-refractivity contribution in [2.24, 2.45) is 0 Å². The van der Waals surface area contributed by atoms with Crippen LogP contribution in [0.25, 0.3) is 33.3 Å². The van der Waals surface area contributed by atoms with E-state index in [1.807, 2.05) is 31.6 Å². The quantitative estimate of drug-likeness (QED) is 0.571. The van der Waals surface area contributed by atoms with Crippen LogP contribution in [0.3, 0.4) is 0 Å². The van der Waals surface area contributed by atoms with Crippen LogP contribution >= 0.6 is 0 Å². The summed E-state index contributed by atoms with van der Waals surface area (Å²) in [4.78, 5) is 12.1. The lowest BCUT2D eigenvalue weighted by Gasteiger charge is -2.05. The normalized spacial score (nSPS) is 11.0. The molecule has 0 fully saturated rings. The van der Waals surface area contributed by atoms with E-state index in [2.05, 4.69) is 58.3 Å². The smallest absolute Gasteiger partial charge is 0.137 e. The predicted molar refractivity (Wildman–Crippen MR) is 94.2 cm³/mol. The molecule has 4 aromatic rings. The van der Waals surface area contributed by atoms with Gasteiger partial charge in [0, 0.05) is 40.8 Å². The molecule has 1 aromatic carbocycles. The monoisotopic (exact) mass is 299 g/mol. The minimum atomic E-state index is 0.908. The zero-order chi connectivity index (χ0) is 15.8. The number of fused-ring (bicyclic) bond motifs is 1. The minimum absolute atomic E-state index is 0.908. The number of pyridine rings is 2. The molecule has 0 amide bonds. The lowest BCUT2D eigenvalue weighted by Crippen LogP contribution is -1.84. The van der Waals surface area contributed by atoms with E-state index in [0.29, 0.717) is 0 Å².